The van der Waals surface area contributed by atoms with Crippen molar-refractivity contribution in [1.82, 2.24) is 15.1 Å². The van der Waals surface area contributed by atoms with Crippen LogP contribution in [0.1, 0.15) is 35.7 Å². The van der Waals surface area contributed by atoms with Gasteiger partial charge in [0.15, 0.2) is 0 Å². The van der Waals surface area contributed by atoms with Crippen LogP contribution in [-0.2, 0) is 6.54 Å². The van der Waals surface area contributed by atoms with Gasteiger partial charge in [-0.1, -0.05) is 42.5 Å². The minimum atomic E-state index is -0.0727. The molecule has 1 unspecified atom stereocenters. The molecule has 1 aliphatic carbocycles. The molecule has 0 aliphatic heterocycles. The van der Waals surface area contributed by atoms with E-state index in [0.29, 0.717) is 23.7 Å². The third kappa shape index (κ3) is 4.09. The third-order valence-corrected chi connectivity index (χ3v) is 5.22. The first-order chi connectivity index (χ1) is 13.6. The molecule has 0 radical (unpaired) electrons. The molecule has 1 aromatic heterocycles. The number of carbonyl (C=O) groups excluding carboxylic acids is 1. The summed E-state index contributed by atoms with van der Waals surface area (Å²) in [6, 6.07) is 18.0. The van der Waals surface area contributed by atoms with E-state index in [4.69, 9.17) is 9.84 Å². The van der Waals surface area contributed by atoms with Crippen molar-refractivity contribution in [2.75, 3.05) is 7.11 Å². The Morgan fingerprint density at radius 1 is 1.21 bits per heavy atom. The molecule has 5 nitrogen and oxygen atoms in total. The first-order valence-electron chi connectivity index (χ1n) is 9.70. The summed E-state index contributed by atoms with van der Waals surface area (Å²) in [6.07, 6.45) is 4.23. The van der Waals surface area contributed by atoms with Gasteiger partial charge in [0.05, 0.1) is 19.2 Å². The molecule has 0 saturated heterocycles. The normalized spacial score (nSPS) is 14.5. The number of hydrogen-bond donors (Lipinski definition) is 1. The maximum atomic E-state index is 13.0. The van der Waals surface area contributed by atoms with E-state index in [1.54, 1.807) is 7.11 Å². The number of rotatable bonds is 7. The van der Waals surface area contributed by atoms with Gasteiger partial charge in [-0.3, -0.25) is 9.48 Å². The second kappa shape index (κ2) is 7.89. The Labute approximate surface area is 165 Å². The lowest BCUT2D eigenvalue weighted by Crippen LogP contribution is -2.34. The van der Waals surface area contributed by atoms with E-state index in [1.165, 1.54) is 12.8 Å². The zero-order chi connectivity index (χ0) is 19.5. The second-order valence-electron chi connectivity index (χ2n) is 7.41. The number of benzene rings is 2. The van der Waals surface area contributed by atoms with Gasteiger partial charge in [0.25, 0.3) is 5.91 Å². The summed E-state index contributed by atoms with van der Waals surface area (Å²) in [6.45, 7) is 2.69. The Morgan fingerprint density at radius 2 is 2.00 bits per heavy atom. The first kappa shape index (κ1) is 18.3. The van der Waals surface area contributed by atoms with E-state index >= 15 is 0 Å². The molecule has 28 heavy (non-hydrogen) atoms. The van der Waals surface area contributed by atoms with Gasteiger partial charge in [0.2, 0.25) is 0 Å². The quantitative estimate of drug-likeness (QED) is 0.675. The number of ether oxygens (including phenoxy) is 1. The van der Waals surface area contributed by atoms with Crippen LogP contribution >= 0.6 is 0 Å². The maximum absolute atomic E-state index is 13.0. The molecule has 5 heteroatoms. The largest absolute Gasteiger partial charge is 0.497 e. The zero-order valence-electron chi connectivity index (χ0n) is 16.3. The summed E-state index contributed by atoms with van der Waals surface area (Å²) in [4.78, 5) is 13.0. The fourth-order valence-electron chi connectivity index (χ4n) is 3.42. The van der Waals surface area contributed by atoms with Crippen LogP contribution in [0.3, 0.4) is 0 Å². The van der Waals surface area contributed by atoms with Gasteiger partial charge in [0.1, 0.15) is 11.4 Å². The van der Waals surface area contributed by atoms with Crippen molar-refractivity contribution in [3.05, 3.63) is 71.9 Å². The van der Waals surface area contributed by atoms with E-state index in [2.05, 4.69) is 24.4 Å². The molecule has 1 fully saturated rings. The first-order valence-corrected chi connectivity index (χ1v) is 9.70. The highest BCUT2D eigenvalue weighted by Gasteiger charge is 2.30. The van der Waals surface area contributed by atoms with E-state index in [1.807, 2.05) is 53.3 Å². The van der Waals surface area contributed by atoms with Crippen molar-refractivity contribution >= 4 is 5.91 Å². The summed E-state index contributed by atoms with van der Waals surface area (Å²) in [5.41, 5.74) is 3.28. The van der Waals surface area contributed by atoms with Crippen LogP contribution in [0.25, 0.3) is 11.3 Å². The van der Waals surface area contributed by atoms with Crippen molar-refractivity contribution in [2.45, 2.75) is 32.4 Å². The average Bonchev–Trinajstić information content (AvgIpc) is 3.49. The van der Waals surface area contributed by atoms with E-state index in [-0.39, 0.29) is 11.9 Å². The number of amides is 1. The molecule has 0 spiro atoms. The van der Waals surface area contributed by atoms with Crippen LogP contribution in [0.5, 0.6) is 5.75 Å². The van der Waals surface area contributed by atoms with E-state index < -0.39 is 0 Å². The molecular formula is C23H25N3O2. The average molecular weight is 375 g/mol. The van der Waals surface area contributed by atoms with Gasteiger partial charge < -0.3 is 10.1 Å². The number of methoxy groups -OCH3 is 1. The topological polar surface area (TPSA) is 56.2 Å². The fourth-order valence-corrected chi connectivity index (χ4v) is 3.42. The Hall–Kier alpha value is -3.08. The van der Waals surface area contributed by atoms with Crippen LogP contribution in [0.2, 0.25) is 0 Å². The minimum Gasteiger partial charge on any atom is -0.497 e. The van der Waals surface area contributed by atoms with Gasteiger partial charge >= 0.3 is 0 Å². The van der Waals surface area contributed by atoms with Crippen molar-refractivity contribution in [3.8, 4) is 17.0 Å². The third-order valence-electron chi connectivity index (χ3n) is 5.22. The highest BCUT2D eigenvalue weighted by atomic mass is 16.5. The van der Waals surface area contributed by atoms with Gasteiger partial charge in [-0.05, 0) is 43.4 Å². The molecule has 1 amide bonds. The molecule has 144 valence electrons. The Bertz CT molecular complexity index is 961. The van der Waals surface area contributed by atoms with Crippen LogP contribution in [0.15, 0.2) is 60.8 Å². The molecule has 4 rings (SSSR count). The predicted molar refractivity (Wildman–Crippen MR) is 109 cm³/mol. The van der Waals surface area contributed by atoms with Crippen molar-refractivity contribution in [2.24, 2.45) is 5.92 Å². The number of nitrogens with one attached hydrogen (secondary N) is 1. The monoisotopic (exact) mass is 375 g/mol. The molecule has 3 aromatic rings. The van der Waals surface area contributed by atoms with Crippen molar-refractivity contribution < 1.29 is 9.53 Å². The van der Waals surface area contributed by atoms with Crippen LogP contribution in [-0.4, -0.2) is 28.8 Å². The van der Waals surface area contributed by atoms with Crippen LogP contribution < -0.4 is 10.1 Å². The standard InChI is InChI=1S/C23H25N3O2/c1-16(18-11-12-18)24-23(27)21-15-26(14-17-7-4-3-5-8-17)25-22(21)19-9-6-10-20(13-19)28-2/h3-10,13,15-16,18H,11-12,14H2,1-2H3,(H,24,27). The van der Waals surface area contributed by atoms with E-state index in [9.17, 15) is 4.79 Å². The zero-order valence-corrected chi connectivity index (χ0v) is 16.3. The maximum Gasteiger partial charge on any atom is 0.255 e. The Morgan fingerprint density at radius 3 is 2.71 bits per heavy atom. The highest BCUT2D eigenvalue weighted by Crippen LogP contribution is 2.33. The lowest BCUT2D eigenvalue weighted by atomic mass is 10.1. The molecule has 1 saturated carbocycles. The molecule has 2 aromatic carbocycles. The SMILES string of the molecule is COc1cccc(-c2nn(Cc3ccccc3)cc2C(=O)NC(C)C2CC2)c1. The highest BCUT2D eigenvalue weighted by molar-refractivity contribution is 6.00. The summed E-state index contributed by atoms with van der Waals surface area (Å²) >= 11 is 0. The molecule has 1 aliphatic rings. The molecule has 0 bridgehead atoms. The summed E-state index contributed by atoms with van der Waals surface area (Å²) < 4.78 is 7.18. The number of carbonyl (C=O) groups is 1. The number of aromatic nitrogens is 2. The summed E-state index contributed by atoms with van der Waals surface area (Å²) in [5, 5.41) is 7.89. The molecule has 1 N–H and O–H groups in total. The number of nitrogens with zero attached hydrogens (tertiary/aromatic N) is 2. The molecule has 1 heterocycles. The van der Waals surface area contributed by atoms with Crippen LogP contribution in [0, 0.1) is 5.92 Å². The summed E-state index contributed by atoms with van der Waals surface area (Å²) in [7, 11) is 1.64. The lowest BCUT2D eigenvalue weighted by molar-refractivity contribution is 0.0936. The Balaban J connectivity index is 1.67. The predicted octanol–water partition coefficient (Wildman–Crippen LogP) is 4.14. The minimum absolute atomic E-state index is 0.0727. The van der Waals surface area contributed by atoms with E-state index in [0.717, 1.165) is 16.9 Å². The van der Waals surface area contributed by atoms with Crippen molar-refractivity contribution in [1.29, 1.82) is 0 Å². The van der Waals surface area contributed by atoms with Gasteiger partial charge in [0, 0.05) is 17.8 Å². The number of hydrogen-bond acceptors (Lipinski definition) is 3. The second-order valence-corrected chi connectivity index (χ2v) is 7.41. The molecule has 1 atom stereocenters. The fraction of sp³-hybridized carbons (Fsp3) is 0.304. The molecular weight excluding hydrogens is 350 g/mol. The smallest absolute Gasteiger partial charge is 0.255 e. The van der Waals surface area contributed by atoms with Crippen LogP contribution in [0.4, 0.5) is 0 Å². The Kier molecular flexibility index (Phi) is 5.15. The van der Waals surface area contributed by atoms with Gasteiger partial charge in [-0.15, -0.1) is 0 Å². The van der Waals surface area contributed by atoms with Crippen molar-refractivity contribution in [3.63, 3.8) is 0 Å². The lowest BCUT2D eigenvalue weighted by Gasteiger charge is -2.12. The van der Waals surface area contributed by atoms with Gasteiger partial charge in [-0.25, -0.2) is 0 Å². The summed E-state index contributed by atoms with van der Waals surface area (Å²) in [5.74, 6) is 1.27. The van der Waals surface area contributed by atoms with Gasteiger partial charge in [-0.2, -0.15) is 5.10 Å².